The van der Waals surface area contributed by atoms with Crippen molar-refractivity contribution in [2.75, 3.05) is 0 Å². The van der Waals surface area contributed by atoms with Crippen LogP contribution in [0.4, 0.5) is 22.0 Å². The van der Waals surface area contributed by atoms with Gasteiger partial charge in [-0.05, 0) is 18.2 Å². The summed E-state index contributed by atoms with van der Waals surface area (Å²) in [6, 6.07) is 4.72. The zero-order chi connectivity index (χ0) is 14.8. The molecule has 0 amide bonds. The Morgan fingerprint density at radius 1 is 1.10 bits per heavy atom. The van der Waals surface area contributed by atoms with Gasteiger partial charge in [-0.1, -0.05) is 6.07 Å². The molecule has 20 heavy (non-hydrogen) atoms. The Labute approximate surface area is 110 Å². The van der Waals surface area contributed by atoms with Crippen molar-refractivity contribution in [3.8, 4) is 17.0 Å². The number of nitrogens with zero attached hydrogens (tertiary/aromatic N) is 2. The molecule has 0 unspecified atom stereocenters. The number of alkyl halides is 5. The molecule has 0 spiro atoms. The van der Waals surface area contributed by atoms with Crippen molar-refractivity contribution < 1.29 is 26.7 Å². The van der Waals surface area contributed by atoms with Crippen LogP contribution in [0.15, 0.2) is 36.7 Å². The van der Waals surface area contributed by atoms with Gasteiger partial charge in [0.1, 0.15) is 5.69 Å². The van der Waals surface area contributed by atoms with Crippen LogP contribution < -0.4 is 4.74 Å². The van der Waals surface area contributed by atoms with E-state index in [2.05, 4.69) is 14.7 Å². The lowest BCUT2D eigenvalue weighted by Gasteiger charge is -2.12. The number of rotatable bonds is 3. The van der Waals surface area contributed by atoms with Crippen LogP contribution in [0.3, 0.4) is 0 Å². The van der Waals surface area contributed by atoms with E-state index in [9.17, 15) is 22.0 Å². The molecule has 0 aromatic carbocycles. The monoisotopic (exact) mass is 290 g/mol. The van der Waals surface area contributed by atoms with Gasteiger partial charge < -0.3 is 4.74 Å². The zero-order valence-electron chi connectivity index (χ0n) is 9.73. The van der Waals surface area contributed by atoms with Crippen LogP contribution in [0.25, 0.3) is 11.1 Å². The summed E-state index contributed by atoms with van der Waals surface area (Å²) < 4.78 is 66.2. The first-order valence-electron chi connectivity index (χ1n) is 5.31. The molecule has 0 saturated carbocycles. The van der Waals surface area contributed by atoms with Gasteiger partial charge >= 0.3 is 12.8 Å². The summed E-state index contributed by atoms with van der Waals surface area (Å²) in [5.41, 5.74) is -0.975. The Bertz CT molecular complexity index is 586. The molecule has 106 valence electrons. The lowest BCUT2D eigenvalue weighted by Crippen LogP contribution is -2.11. The van der Waals surface area contributed by atoms with Gasteiger partial charge in [-0.3, -0.25) is 4.98 Å². The maximum Gasteiger partial charge on any atom is 0.433 e. The SMILES string of the molecule is FC(F)Oc1nc(C(F)(F)F)ccc1-c1cccnc1. The molecule has 0 bridgehead atoms. The van der Waals surface area contributed by atoms with Crippen LogP contribution in [-0.4, -0.2) is 16.6 Å². The number of hydrogen-bond acceptors (Lipinski definition) is 3. The second kappa shape index (κ2) is 5.40. The van der Waals surface area contributed by atoms with Crippen LogP contribution in [0.1, 0.15) is 5.69 Å². The van der Waals surface area contributed by atoms with E-state index in [1.54, 1.807) is 0 Å². The standard InChI is InChI=1S/C12H7F5N2O/c13-11(14)20-10-8(7-2-1-5-18-6-7)3-4-9(19-10)12(15,16)17/h1-6,11H. The highest BCUT2D eigenvalue weighted by atomic mass is 19.4. The third-order valence-corrected chi connectivity index (χ3v) is 2.32. The van der Waals surface area contributed by atoms with Crippen molar-refractivity contribution in [3.05, 3.63) is 42.4 Å². The smallest absolute Gasteiger partial charge is 0.416 e. The van der Waals surface area contributed by atoms with Crippen molar-refractivity contribution in [2.45, 2.75) is 12.8 Å². The lowest BCUT2D eigenvalue weighted by atomic mass is 10.1. The van der Waals surface area contributed by atoms with Gasteiger partial charge in [-0.25, -0.2) is 4.98 Å². The Morgan fingerprint density at radius 3 is 2.40 bits per heavy atom. The third-order valence-electron chi connectivity index (χ3n) is 2.32. The molecule has 0 radical (unpaired) electrons. The first-order chi connectivity index (χ1) is 9.38. The molecular formula is C12H7F5N2O. The topological polar surface area (TPSA) is 35.0 Å². The number of ether oxygens (including phenoxy) is 1. The summed E-state index contributed by atoms with van der Waals surface area (Å²) in [7, 11) is 0. The Balaban J connectivity index is 2.51. The van der Waals surface area contributed by atoms with Gasteiger partial charge in [-0.15, -0.1) is 0 Å². The first kappa shape index (κ1) is 14.2. The molecule has 2 heterocycles. The maximum atomic E-state index is 12.5. The Morgan fingerprint density at radius 2 is 1.85 bits per heavy atom. The van der Waals surface area contributed by atoms with Gasteiger partial charge in [0.15, 0.2) is 0 Å². The van der Waals surface area contributed by atoms with Gasteiger partial charge in [-0.2, -0.15) is 22.0 Å². The van der Waals surface area contributed by atoms with Crippen LogP contribution >= 0.6 is 0 Å². The van der Waals surface area contributed by atoms with Crippen molar-refractivity contribution in [1.29, 1.82) is 0 Å². The van der Waals surface area contributed by atoms with Crippen LogP contribution in [0.5, 0.6) is 5.88 Å². The summed E-state index contributed by atoms with van der Waals surface area (Å²) in [6.07, 6.45) is -2.00. The lowest BCUT2D eigenvalue weighted by molar-refractivity contribution is -0.142. The molecule has 0 aliphatic carbocycles. The number of halogens is 5. The van der Waals surface area contributed by atoms with Crippen molar-refractivity contribution in [2.24, 2.45) is 0 Å². The van der Waals surface area contributed by atoms with Gasteiger partial charge in [0.2, 0.25) is 5.88 Å². The normalized spacial score (nSPS) is 11.7. The molecule has 0 saturated heterocycles. The van der Waals surface area contributed by atoms with Gasteiger partial charge in [0, 0.05) is 23.5 Å². The summed E-state index contributed by atoms with van der Waals surface area (Å²) in [5.74, 6) is -0.789. The maximum absolute atomic E-state index is 12.5. The summed E-state index contributed by atoms with van der Waals surface area (Å²) in [5, 5.41) is 0. The molecule has 0 aliphatic heterocycles. The number of pyridine rings is 2. The molecule has 0 atom stereocenters. The molecule has 2 aromatic heterocycles. The molecule has 2 rings (SSSR count). The third kappa shape index (κ3) is 3.19. The van der Waals surface area contributed by atoms with Crippen molar-refractivity contribution >= 4 is 0 Å². The van der Waals surface area contributed by atoms with Gasteiger partial charge in [0.25, 0.3) is 0 Å². The molecule has 0 N–H and O–H groups in total. The molecular weight excluding hydrogens is 283 g/mol. The predicted octanol–water partition coefficient (Wildman–Crippen LogP) is 3.76. The minimum absolute atomic E-state index is 0.00593. The Hall–Kier alpha value is -2.25. The average molecular weight is 290 g/mol. The van der Waals surface area contributed by atoms with E-state index in [1.807, 2.05) is 0 Å². The van der Waals surface area contributed by atoms with E-state index >= 15 is 0 Å². The van der Waals surface area contributed by atoms with E-state index in [4.69, 9.17) is 0 Å². The highest BCUT2D eigenvalue weighted by molar-refractivity contribution is 5.67. The van der Waals surface area contributed by atoms with E-state index in [0.717, 1.165) is 6.07 Å². The van der Waals surface area contributed by atoms with Gasteiger partial charge in [0.05, 0.1) is 0 Å². The van der Waals surface area contributed by atoms with E-state index in [-0.39, 0.29) is 5.56 Å². The van der Waals surface area contributed by atoms with Crippen LogP contribution in [0.2, 0.25) is 0 Å². The number of hydrogen-bond donors (Lipinski definition) is 0. The van der Waals surface area contributed by atoms with E-state index in [1.165, 1.54) is 24.5 Å². The summed E-state index contributed by atoms with van der Waals surface area (Å²) in [4.78, 5) is 6.86. The van der Waals surface area contributed by atoms with E-state index < -0.39 is 24.4 Å². The minimum atomic E-state index is -4.74. The summed E-state index contributed by atoms with van der Waals surface area (Å²) in [6.45, 7) is -3.28. The molecule has 2 aromatic rings. The highest BCUT2D eigenvalue weighted by Gasteiger charge is 2.33. The van der Waals surface area contributed by atoms with Crippen LogP contribution in [-0.2, 0) is 6.18 Å². The zero-order valence-corrected chi connectivity index (χ0v) is 9.73. The second-order valence-electron chi connectivity index (χ2n) is 3.67. The van der Waals surface area contributed by atoms with Crippen LogP contribution in [0, 0.1) is 0 Å². The highest BCUT2D eigenvalue weighted by Crippen LogP contribution is 2.34. The predicted molar refractivity (Wildman–Crippen MR) is 59.1 cm³/mol. The second-order valence-corrected chi connectivity index (χ2v) is 3.67. The number of aromatic nitrogens is 2. The molecule has 3 nitrogen and oxygen atoms in total. The first-order valence-corrected chi connectivity index (χ1v) is 5.31. The minimum Gasteiger partial charge on any atom is -0.416 e. The van der Waals surface area contributed by atoms with Crippen molar-refractivity contribution in [3.63, 3.8) is 0 Å². The summed E-state index contributed by atoms with van der Waals surface area (Å²) >= 11 is 0. The molecule has 0 fully saturated rings. The molecule has 0 aliphatic rings. The fourth-order valence-corrected chi connectivity index (χ4v) is 1.51. The Kier molecular flexibility index (Phi) is 3.82. The largest absolute Gasteiger partial charge is 0.433 e. The molecule has 8 heteroatoms. The van der Waals surface area contributed by atoms with E-state index in [0.29, 0.717) is 11.6 Å². The fraction of sp³-hybridized carbons (Fsp3) is 0.167. The quantitative estimate of drug-likeness (QED) is 0.807. The van der Waals surface area contributed by atoms with Crippen molar-refractivity contribution in [1.82, 2.24) is 9.97 Å². The fourth-order valence-electron chi connectivity index (χ4n) is 1.51. The average Bonchev–Trinajstić information content (AvgIpc) is 2.38.